The molecular formula is C45H49FN12O5. The van der Waals surface area contributed by atoms with E-state index in [9.17, 15) is 24.3 Å². The summed E-state index contributed by atoms with van der Waals surface area (Å²) in [7, 11) is 0. The summed E-state index contributed by atoms with van der Waals surface area (Å²) in [6, 6.07) is 14.6. The van der Waals surface area contributed by atoms with Crippen LogP contribution in [0.4, 0.5) is 27.4 Å². The van der Waals surface area contributed by atoms with Crippen LogP contribution in [0.25, 0.3) is 16.9 Å². The molecule has 0 bridgehead atoms. The minimum Gasteiger partial charge on any atom is -0.384 e. The number of amides is 3. The van der Waals surface area contributed by atoms with Gasteiger partial charge < -0.3 is 30.9 Å². The van der Waals surface area contributed by atoms with Crippen LogP contribution in [0.3, 0.4) is 0 Å². The number of allylic oxidation sites excluding steroid dienone is 1. The number of aryl methyl sites for hydroxylation is 1. The summed E-state index contributed by atoms with van der Waals surface area (Å²) in [5, 5.41) is 24.2. The molecule has 3 aromatic heterocycles. The Morgan fingerprint density at radius 2 is 1.78 bits per heavy atom. The van der Waals surface area contributed by atoms with Gasteiger partial charge in [0.15, 0.2) is 11.5 Å². The summed E-state index contributed by atoms with van der Waals surface area (Å²) in [5.41, 5.74) is 3.96. The first-order chi connectivity index (χ1) is 30.5. The van der Waals surface area contributed by atoms with Gasteiger partial charge in [-0.25, -0.2) is 23.7 Å². The molecule has 326 valence electrons. The number of halogens is 1. The molecule has 0 radical (unpaired) electrons. The Morgan fingerprint density at radius 1 is 0.984 bits per heavy atom. The predicted molar refractivity (Wildman–Crippen MR) is 234 cm³/mol. The van der Waals surface area contributed by atoms with Crippen molar-refractivity contribution < 1.29 is 23.9 Å². The van der Waals surface area contributed by atoms with Crippen LogP contribution in [-0.2, 0) is 34.7 Å². The van der Waals surface area contributed by atoms with Crippen LogP contribution >= 0.6 is 0 Å². The quantitative estimate of drug-likeness (QED) is 0.0623. The smallest absolute Gasteiger partial charge is 0.278 e. The second-order valence-corrected chi connectivity index (χ2v) is 17.1. The number of anilines is 4. The van der Waals surface area contributed by atoms with Crippen molar-refractivity contribution in [3.8, 4) is 5.82 Å². The Balaban J connectivity index is 0.691. The first kappa shape index (κ1) is 40.6. The maximum Gasteiger partial charge on any atom is 0.278 e. The maximum atomic E-state index is 15.3. The number of carbonyl (C=O) groups excluding carboxylic acids is 3. The fourth-order valence-electron chi connectivity index (χ4n) is 9.54. The average Bonchev–Trinajstić information content (AvgIpc) is 3.85. The van der Waals surface area contributed by atoms with Gasteiger partial charge in [0.25, 0.3) is 11.5 Å². The zero-order chi connectivity index (χ0) is 43.6. The number of carbonyl (C=O) groups is 3. The van der Waals surface area contributed by atoms with Gasteiger partial charge in [-0.05, 0) is 79.3 Å². The maximum absolute atomic E-state index is 15.3. The lowest BCUT2D eigenvalue weighted by molar-refractivity contribution is -0.136. The number of imide groups is 1. The number of benzene rings is 2. The van der Waals surface area contributed by atoms with Crippen LogP contribution in [0, 0.1) is 5.82 Å². The third-order valence-electron chi connectivity index (χ3n) is 13.2. The molecule has 4 aliphatic heterocycles. The minimum absolute atomic E-state index is 0.171. The number of fused-ring (bicyclic) bond motifs is 3. The summed E-state index contributed by atoms with van der Waals surface area (Å²) >= 11 is 0. The largest absolute Gasteiger partial charge is 0.384 e. The topological polar surface area (TPSA) is 195 Å². The molecule has 5 N–H and O–H groups in total. The zero-order valence-corrected chi connectivity index (χ0v) is 34.9. The predicted octanol–water partition coefficient (Wildman–Crippen LogP) is 2.93. The van der Waals surface area contributed by atoms with Crippen molar-refractivity contribution in [2.75, 3.05) is 54.8 Å². The monoisotopic (exact) mass is 856 g/mol. The molecule has 18 heteroatoms. The Labute approximate surface area is 362 Å². The van der Waals surface area contributed by atoms with E-state index in [1.807, 2.05) is 48.2 Å². The molecule has 7 heterocycles. The van der Waals surface area contributed by atoms with Gasteiger partial charge in [0, 0.05) is 87.5 Å². The Bertz CT molecular complexity index is 2730. The average molecular weight is 857 g/mol. The fraction of sp³-hybridized carbons (Fsp3) is 0.400. The van der Waals surface area contributed by atoms with E-state index in [1.54, 1.807) is 16.8 Å². The number of hydrogen-bond donors (Lipinski definition) is 5. The van der Waals surface area contributed by atoms with Crippen molar-refractivity contribution in [2.24, 2.45) is 0 Å². The van der Waals surface area contributed by atoms with Gasteiger partial charge in [0.1, 0.15) is 22.8 Å². The zero-order valence-electron chi connectivity index (χ0n) is 34.9. The SMILES string of the molecule is C=CCn1c(=O)c2cnc(Nc3ccc(NCCNC4CN(C5CN(c6cc7c(cc6F)C(=O)N(C6CCC(=O)NC6=O)C7)C5)C4)cc3)nc2n1-c1ccc2c(n1)[C@](O)(CC)CC2. The number of piperidine rings is 1. The molecule has 3 saturated heterocycles. The van der Waals surface area contributed by atoms with Gasteiger partial charge in [-0.15, -0.1) is 6.58 Å². The van der Waals surface area contributed by atoms with Crippen LogP contribution in [0.15, 0.2) is 72.2 Å². The van der Waals surface area contributed by atoms with E-state index in [4.69, 9.17) is 9.97 Å². The molecule has 1 aliphatic carbocycles. The summed E-state index contributed by atoms with van der Waals surface area (Å²) in [4.78, 5) is 70.5. The normalized spacial score (nSPS) is 21.3. The number of nitrogens with zero attached hydrogens (tertiary/aromatic N) is 8. The first-order valence-corrected chi connectivity index (χ1v) is 21.6. The molecule has 63 heavy (non-hydrogen) atoms. The van der Waals surface area contributed by atoms with Gasteiger partial charge in [0.05, 0.1) is 17.9 Å². The van der Waals surface area contributed by atoms with Gasteiger partial charge >= 0.3 is 0 Å². The van der Waals surface area contributed by atoms with E-state index in [2.05, 4.69) is 37.7 Å². The fourth-order valence-corrected chi connectivity index (χ4v) is 9.54. The number of pyridine rings is 1. The molecule has 10 rings (SSSR count). The Hall–Kier alpha value is -6.50. The summed E-state index contributed by atoms with van der Waals surface area (Å²) in [6.07, 6.45) is 5.51. The highest BCUT2D eigenvalue weighted by Crippen LogP contribution is 2.39. The third kappa shape index (κ3) is 7.30. The second-order valence-electron chi connectivity index (χ2n) is 17.1. The highest BCUT2D eigenvalue weighted by atomic mass is 19.1. The Morgan fingerprint density at radius 3 is 2.54 bits per heavy atom. The van der Waals surface area contributed by atoms with Crippen LogP contribution in [0.2, 0.25) is 0 Å². The number of likely N-dealkylation sites (tertiary alicyclic amines) is 1. The lowest BCUT2D eigenvalue weighted by atomic mass is 9.98. The van der Waals surface area contributed by atoms with E-state index in [0.717, 1.165) is 49.5 Å². The number of hydrogen-bond acceptors (Lipinski definition) is 13. The minimum atomic E-state index is -1.01. The van der Waals surface area contributed by atoms with Crippen molar-refractivity contribution in [3.05, 3.63) is 106 Å². The van der Waals surface area contributed by atoms with E-state index in [1.165, 1.54) is 21.8 Å². The van der Waals surface area contributed by atoms with E-state index in [0.29, 0.717) is 77.8 Å². The molecule has 0 spiro atoms. The number of aromatic nitrogens is 5. The molecule has 3 fully saturated rings. The van der Waals surface area contributed by atoms with E-state index >= 15 is 4.39 Å². The highest BCUT2D eigenvalue weighted by Gasteiger charge is 2.43. The van der Waals surface area contributed by atoms with E-state index < -0.39 is 23.4 Å². The standard InChI is InChI=1S/C45H49FN12O5/c1-3-17-57-43(62)33-20-49-44(53-40(33)58(57)37-11-5-26-13-14-45(63,4-2)39(26)51-37)50-29-8-6-28(7-9-29)47-15-16-48-30-22-54(23-30)31-24-55(25-31)36-18-27-21-56(42(61)32(27)19-34(36)46)35-10-12-38(59)52-41(35)60/h3,5-9,11,18-20,30-31,35,47-48,63H,1,4,10,12-17,21-25H2,2H3,(H,49,50,53)(H,52,59,60)/t35?,45-/m0/s1. The first-order valence-electron chi connectivity index (χ1n) is 21.6. The number of nitrogens with one attached hydrogen (secondary N) is 4. The van der Waals surface area contributed by atoms with E-state index in [-0.39, 0.29) is 48.9 Å². The van der Waals surface area contributed by atoms with Crippen molar-refractivity contribution in [2.45, 2.75) is 75.8 Å². The van der Waals surface area contributed by atoms with Crippen molar-refractivity contribution in [1.82, 2.24) is 44.7 Å². The van der Waals surface area contributed by atoms with Gasteiger partial charge in [0.2, 0.25) is 17.8 Å². The number of rotatable bonds is 14. The highest BCUT2D eigenvalue weighted by molar-refractivity contribution is 6.05. The lowest BCUT2D eigenvalue weighted by Gasteiger charge is -2.52. The molecule has 5 aromatic rings. The number of aliphatic hydroxyl groups is 1. The van der Waals surface area contributed by atoms with Crippen LogP contribution in [-0.4, -0.2) is 114 Å². The van der Waals surface area contributed by atoms with Gasteiger partial charge in [-0.1, -0.05) is 19.1 Å². The molecule has 2 aromatic carbocycles. The van der Waals surface area contributed by atoms with Crippen LogP contribution in [0.5, 0.6) is 0 Å². The third-order valence-corrected chi connectivity index (χ3v) is 13.2. The van der Waals surface area contributed by atoms with Gasteiger partial charge in [-0.2, -0.15) is 4.98 Å². The van der Waals surface area contributed by atoms with Crippen molar-refractivity contribution in [1.29, 1.82) is 0 Å². The second kappa shape index (κ2) is 16.0. The molecule has 17 nitrogen and oxygen atoms in total. The van der Waals surface area contributed by atoms with Crippen molar-refractivity contribution >= 4 is 51.8 Å². The summed E-state index contributed by atoms with van der Waals surface area (Å²) in [5.74, 6) is -0.841. The molecule has 0 saturated carbocycles. The molecular weight excluding hydrogens is 808 g/mol. The lowest BCUT2D eigenvalue weighted by Crippen LogP contribution is -2.69. The van der Waals surface area contributed by atoms with Gasteiger partial charge in [-0.3, -0.25) is 29.4 Å². The van der Waals surface area contributed by atoms with Crippen molar-refractivity contribution in [3.63, 3.8) is 0 Å². The molecule has 5 aliphatic rings. The summed E-state index contributed by atoms with van der Waals surface area (Å²) in [6.45, 7) is 11.0. The molecule has 3 amide bonds. The Kier molecular flexibility index (Phi) is 10.3. The summed E-state index contributed by atoms with van der Waals surface area (Å²) < 4.78 is 18.5. The van der Waals surface area contributed by atoms with Crippen LogP contribution in [0.1, 0.15) is 59.8 Å². The molecule has 2 atom stereocenters. The van der Waals surface area contributed by atoms with Crippen LogP contribution < -0.4 is 31.7 Å². The molecule has 1 unspecified atom stereocenters.